The Bertz CT molecular complexity index is 1190. The fourth-order valence-corrected chi connectivity index (χ4v) is 6.57. The second kappa shape index (κ2) is 48.3. The van der Waals surface area contributed by atoms with Crippen molar-refractivity contribution in [3.05, 3.63) is 85.1 Å². The maximum atomic E-state index is 12.7. The first-order valence-corrected chi connectivity index (χ1v) is 24.7. The standard InChI is InChI=1S/C54H90O6/c1-4-7-10-13-16-19-22-24-25-26-27-28-30-32-35-38-41-44-47-53(56)59-50-51(49-58-52(55)46-43-40-37-34-31-21-18-15-12-9-6-3)60-54(57)48-45-42-39-36-33-29-23-20-17-14-11-8-5-2/h8,11,14,17,20,22-29,33,51H,4-7,9-10,12-13,15-16,18-19,21,30-32,34-50H2,1-3H3/b11-8-,17-14-,23-20-,24-22-,26-25-,28-27-,33-29-. The minimum Gasteiger partial charge on any atom is -0.462 e. The number of esters is 3. The highest BCUT2D eigenvalue weighted by molar-refractivity contribution is 5.71. The highest BCUT2D eigenvalue weighted by Gasteiger charge is 2.19. The fraction of sp³-hybridized carbons (Fsp3) is 0.685. The van der Waals surface area contributed by atoms with Gasteiger partial charge in [0.15, 0.2) is 6.10 Å². The smallest absolute Gasteiger partial charge is 0.306 e. The third kappa shape index (κ3) is 45.7. The third-order valence-corrected chi connectivity index (χ3v) is 10.3. The molecule has 0 bridgehead atoms. The van der Waals surface area contributed by atoms with Crippen molar-refractivity contribution in [3.63, 3.8) is 0 Å². The predicted octanol–water partition coefficient (Wildman–Crippen LogP) is 16.0. The Labute approximate surface area is 369 Å². The van der Waals surface area contributed by atoms with E-state index in [-0.39, 0.29) is 37.5 Å². The Morgan fingerprint density at radius 2 is 0.650 bits per heavy atom. The largest absolute Gasteiger partial charge is 0.462 e. The van der Waals surface area contributed by atoms with Crippen LogP contribution in [0.15, 0.2) is 85.1 Å². The van der Waals surface area contributed by atoms with E-state index in [1.54, 1.807) is 0 Å². The summed E-state index contributed by atoms with van der Waals surface area (Å²) in [6.45, 7) is 6.41. The summed E-state index contributed by atoms with van der Waals surface area (Å²) in [6, 6.07) is 0. The van der Waals surface area contributed by atoms with Crippen LogP contribution < -0.4 is 0 Å². The van der Waals surface area contributed by atoms with Gasteiger partial charge in [-0.1, -0.05) is 221 Å². The molecule has 6 heteroatoms. The molecule has 0 aromatic heterocycles. The molecule has 0 amide bonds. The second-order valence-electron chi connectivity index (χ2n) is 16.1. The highest BCUT2D eigenvalue weighted by Crippen LogP contribution is 2.14. The van der Waals surface area contributed by atoms with Gasteiger partial charge in [0.2, 0.25) is 0 Å². The topological polar surface area (TPSA) is 78.9 Å². The van der Waals surface area contributed by atoms with Crippen LogP contribution in [0, 0.1) is 0 Å². The predicted molar refractivity (Wildman–Crippen MR) is 256 cm³/mol. The number of allylic oxidation sites excluding steroid dienone is 14. The zero-order chi connectivity index (χ0) is 43.7. The van der Waals surface area contributed by atoms with Gasteiger partial charge in [-0.25, -0.2) is 0 Å². The first-order valence-electron chi connectivity index (χ1n) is 24.7. The van der Waals surface area contributed by atoms with Crippen molar-refractivity contribution in [3.8, 4) is 0 Å². The van der Waals surface area contributed by atoms with E-state index >= 15 is 0 Å². The van der Waals surface area contributed by atoms with Crippen LogP contribution in [0.5, 0.6) is 0 Å². The zero-order valence-corrected chi connectivity index (χ0v) is 38.9. The molecule has 1 atom stereocenters. The van der Waals surface area contributed by atoms with Crippen LogP contribution in [0.4, 0.5) is 0 Å². The van der Waals surface area contributed by atoms with Gasteiger partial charge in [0.25, 0.3) is 0 Å². The summed E-state index contributed by atoms with van der Waals surface area (Å²) in [4.78, 5) is 37.8. The minimum atomic E-state index is -0.803. The maximum Gasteiger partial charge on any atom is 0.306 e. The average Bonchev–Trinajstić information content (AvgIpc) is 3.24. The summed E-state index contributed by atoms with van der Waals surface area (Å²) in [5, 5.41) is 0. The SMILES string of the molecule is CC\C=C/C=C\C=C/C=C\CCCCCC(=O)OC(COC(=O)CCCCCCC\C=C/C=C\C=C/CCCCCCC)COC(=O)CCCCCCCCCCCCC. The molecule has 0 radical (unpaired) electrons. The van der Waals surface area contributed by atoms with Crippen molar-refractivity contribution < 1.29 is 28.6 Å². The third-order valence-electron chi connectivity index (χ3n) is 10.3. The number of hydrogen-bond donors (Lipinski definition) is 0. The number of carbonyl (C=O) groups excluding carboxylic acids is 3. The molecule has 0 aromatic rings. The molecule has 0 saturated carbocycles. The second-order valence-corrected chi connectivity index (χ2v) is 16.1. The van der Waals surface area contributed by atoms with E-state index in [0.29, 0.717) is 19.3 Å². The quantitative estimate of drug-likeness (QED) is 0.0263. The lowest BCUT2D eigenvalue weighted by Gasteiger charge is -2.18. The van der Waals surface area contributed by atoms with Crippen LogP contribution in [0.2, 0.25) is 0 Å². The van der Waals surface area contributed by atoms with Crippen LogP contribution in [-0.2, 0) is 28.6 Å². The van der Waals surface area contributed by atoms with E-state index in [4.69, 9.17) is 14.2 Å². The molecule has 1 unspecified atom stereocenters. The van der Waals surface area contributed by atoms with E-state index < -0.39 is 6.10 Å². The monoisotopic (exact) mass is 835 g/mol. The normalized spacial score (nSPS) is 12.8. The van der Waals surface area contributed by atoms with Gasteiger partial charge >= 0.3 is 17.9 Å². The molecule has 0 aliphatic carbocycles. The van der Waals surface area contributed by atoms with Crippen LogP contribution >= 0.6 is 0 Å². The van der Waals surface area contributed by atoms with Gasteiger partial charge in [-0.15, -0.1) is 0 Å². The summed E-state index contributed by atoms with van der Waals surface area (Å²) >= 11 is 0. The van der Waals surface area contributed by atoms with Gasteiger partial charge in [0.1, 0.15) is 13.2 Å². The summed E-state index contributed by atoms with van der Waals surface area (Å²) in [7, 11) is 0. The van der Waals surface area contributed by atoms with Crippen LogP contribution in [0.25, 0.3) is 0 Å². The molecule has 60 heavy (non-hydrogen) atoms. The summed E-state index contributed by atoms with van der Waals surface area (Å²) in [5.41, 5.74) is 0. The lowest BCUT2D eigenvalue weighted by Crippen LogP contribution is -2.30. The molecule has 6 nitrogen and oxygen atoms in total. The molecule has 0 rings (SSSR count). The Morgan fingerprint density at radius 1 is 0.350 bits per heavy atom. The molecular formula is C54H90O6. The highest BCUT2D eigenvalue weighted by atomic mass is 16.6. The molecule has 0 fully saturated rings. The molecule has 0 spiro atoms. The summed E-state index contributed by atoms with van der Waals surface area (Å²) in [6.07, 6.45) is 61.3. The number of ether oxygens (including phenoxy) is 3. The molecule has 0 N–H and O–H groups in total. The first kappa shape index (κ1) is 56.6. The molecule has 342 valence electrons. The average molecular weight is 835 g/mol. The number of carbonyl (C=O) groups is 3. The van der Waals surface area contributed by atoms with Gasteiger partial charge in [0, 0.05) is 19.3 Å². The molecule has 0 aromatic carbocycles. The van der Waals surface area contributed by atoms with Crippen molar-refractivity contribution in [2.75, 3.05) is 13.2 Å². The molecule has 0 saturated heterocycles. The summed E-state index contributed by atoms with van der Waals surface area (Å²) < 4.78 is 16.7. The van der Waals surface area contributed by atoms with Crippen LogP contribution in [0.3, 0.4) is 0 Å². The van der Waals surface area contributed by atoms with Gasteiger partial charge < -0.3 is 14.2 Å². The fourth-order valence-electron chi connectivity index (χ4n) is 6.57. The van der Waals surface area contributed by atoms with E-state index in [9.17, 15) is 14.4 Å². The Morgan fingerprint density at radius 3 is 1.03 bits per heavy atom. The Balaban J connectivity index is 4.46. The van der Waals surface area contributed by atoms with Crippen LogP contribution in [-0.4, -0.2) is 37.2 Å². The van der Waals surface area contributed by atoms with Crippen molar-refractivity contribution in [1.29, 1.82) is 0 Å². The lowest BCUT2D eigenvalue weighted by molar-refractivity contribution is -0.167. The van der Waals surface area contributed by atoms with Crippen LogP contribution in [0.1, 0.15) is 220 Å². The number of rotatable bonds is 43. The molecule has 0 aliphatic rings. The molecular weight excluding hydrogens is 745 g/mol. The first-order chi connectivity index (χ1) is 29.5. The van der Waals surface area contributed by atoms with Gasteiger partial charge in [0.05, 0.1) is 0 Å². The molecule has 0 aliphatic heterocycles. The number of unbranched alkanes of at least 4 members (excludes halogenated alkanes) is 23. The van der Waals surface area contributed by atoms with E-state index in [2.05, 4.69) is 69.4 Å². The van der Waals surface area contributed by atoms with Crippen molar-refractivity contribution in [1.82, 2.24) is 0 Å². The minimum absolute atomic E-state index is 0.0988. The Kier molecular flexibility index (Phi) is 45.5. The van der Waals surface area contributed by atoms with Crippen molar-refractivity contribution >= 4 is 17.9 Å². The Hall–Kier alpha value is -3.41. The summed E-state index contributed by atoms with van der Waals surface area (Å²) in [5.74, 6) is -0.963. The van der Waals surface area contributed by atoms with E-state index in [1.165, 1.54) is 83.5 Å². The van der Waals surface area contributed by atoms with E-state index in [1.807, 2.05) is 36.5 Å². The maximum absolute atomic E-state index is 12.7. The molecule has 0 heterocycles. The number of hydrogen-bond acceptors (Lipinski definition) is 6. The van der Waals surface area contributed by atoms with E-state index in [0.717, 1.165) is 89.9 Å². The zero-order valence-electron chi connectivity index (χ0n) is 38.9. The van der Waals surface area contributed by atoms with Crippen molar-refractivity contribution in [2.24, 2.45) is 0 Å². The van der Waals surface area contributed by atoms with Crippen molar-refractivity contribution in [2.45, 2.75) is 226 Å². The van der Waals surface area contributed by atoms with Gasteiger partial charge in [-0.05, 0) is 64.2 Å². The van der Waals surface area contributed by atoms with Gasteiger partial charge in [-0.3, -0.25) is 14.4 Å². The lowest BCUT2D eigenvalue weighted by atomic mass is 10.1. The van der Waals surface area contributed by atoms with Gasteiger partial charge in [-0.2, -0.15) is 0 Å².